The SMILES string of the molecule is CC[n+]1cc[se]c1C. The molecule has 0 aromatic carbocycles. The summed E-state index contributed by atoms with van der Waals surface area (Å²) in [7, 11) is 0. The molecule has 0 unspecified atom stereocenters. The fourth-order valence-electron chi connectivity index (χ4n) is 0.703. The third-order valence-corrected chi connectivity index (χ3v) is 2.97. The van der Waals surface area contributed by atoms with Crippen molar-refractivity contribution in [3.8, 4) is 0 Å². The quantitative estimate of drug-likeness (QED) is 0.428. The summed E-state index contributed by atoms with van der Waals surface area (Å²) in [5, 5.41) is 0. The molecule has 1 heterocycles. The molecule has 0 N–H and O–H groups in total. The molecule has 0 fully saturated rings. The molecule has 44 valence electrons. The van der Waals surface area contributed by atoms with E-state index in [1.165, 1.54) is 4.57 Å². The molecule has 0 aliphatic carbocycles. The van der Waals surface area contributed by atoms with Gasteiger partial charge in [-0.1, -0.05) is 0 Å². The summed E-state index contributed by atoms with van der Waals surface area (Å²) in [5.41, 5.74) is 0. The summed E-state index contributed by atoms with van der Waals surface area (Å²) in [4.78, 5) is 2.26. The van der Waals surface area contributed by atoms with E-state index in [4.69, 9.17) is 0 Å². The second-order valence-electron chi connectivity index (χ2n) is 1.71. The van der Waals surface area contributed by atoms with Crippen LogP contribution in [-0.2, 0) is 6.54 Å². The van der Waals surface area contributed by atoms with E-state index in [2.05, 4.69) is 29.6 Å². The second-order valence-corrected chi connectivity index (χ2v) is 4.01. The molecule has 0 spiro atoms. The molecule has 0 radical (unpaired) electrons. The summed E-state index contributed by atoms with van der Waals surface area (Å²) in [6, 6.07) is 0. The minimum absolute atomic E-state index is 0.663. The number of hydrogen-bond acceptors (Lipinski definition) is 0. The monoisotopic (exact) mass is 176 g/mol. The summed E-state index contributed by atoms with van der Waals surface area (Å²) < 4.78 is 3.82. The number of rotatable bonds is 1. The van der Waals surface area contributed by atoms with Gasteiger partial charge in [-0.3, -0.25) is 0 Å². The van der Waals surface area contributed by atoms with Crippen LogP contribution in [0.2, 0.25) is 0 Å². The van der Waals surface area contributed by atoms with Gasteiger partial charge < -0.3 is 0 Å². The molecule has 0 aliphatic rings. The first-order valence-electron chi connectivity index (χ1n) is 2.78. The van der Waals surface area contributed by atoms with Crippen molar-refractivity contribution in [1.82, 2.24) is 0 Å². The van der Waals surface area contributed by atoms with Gasteiger partial charge in [0.25, 0.3) is 0 Å². The Morgan fingerprint density at radius 3 is 2.75 bits per heavy atom. The molecule has 0 bridgehead atoms. The van der Waals surface area contributed by atoms with Gasteiger partial charge in [-0.05, 0) is 0 Å². The van der Waals surface area contributed by atoms with Gasteiger partial charge in [0.2, 0.25) is 0 Å². The Kier molecular flexibility index (Phi) is 1.87. The van der Waals surface area contributed by atoms with Gasteiger partial charge >= 0.3 is 55.2 Å². The van der Waals surface area contributed by atoms with Crippen LogP contribution in [0.3, 0.4) is 0 Å². The summed E-state index contributed by atoms with van der Waals surface area (Å²) in [6.45, 7) is 5.50. The average molecular weight is 175 g/mol. The standard InChI is InChI=1S/C6H10NSe/c1-3-7-4-5-8-6(7)2/h4-5H,3H2,1-2H3/q+1. The molecule has 0 saturated carbocycles. The van der Waals surface area contributed by atoms with Crippen molar-refractivity contribution in [2.75, 3.05) is 0 Å². The van der Waals surface area contributed by atoms with Crippen molar-refractivity contribution in [3.63, 3.8) is 0 Å². The Labute approximate surface area is 55.7 Å². The van der Waals surface area contributed by atoms with E-state index in [-0.39, 0.29) is 0 Å². The van der Waals surface area contributed by atoms with Crippen molar-refractivity contribution in [3.05, 3.63) is 15.7 Å². The van der Waals surface area contributed by atoms with Crippen LogP contribution in [0.25, 0.3) is 0 Å². The van der Waals surface area contributed by atoms with Gasteiger partial charge in [-0.25, -0.2) is 0 Å². The third kappa shape index (κ3) is 1.01. The molecular formula is C6H10NSe+. The van der Waals surface area contributed by atoms with Crippen LogP contribution in [-0.4, -0.2) is 14.5 Å². The van der Waals surface area contributed by atoms with E-state index in [0.29, 0.717) is 14.5 Å². The van der Waals surface area contributed by atoms with Gasteiger partial charge in [0.05, 0.1) is 0 Å². The molecule has 0 saturated heterocycles. The molecule has 8 heavy (non-hydrogen) atoms. The van der Waals surface area contributed by atoms with E-state index >= 15 is 0 Å². The maximum atomic E-state index is 2.29. The van der Waals surface area contributed by atoms with Crippen molar-refractivity contribution < 1.29 is 4.57 Å². The summed E-state index contributed by atoms with van der Waals surface area (Å²) >= 11 is 0.663. The van der Waals surface area contributed by atoms with Crippen LogP contribution in [0.1, 0.15) is 11.5 Å². The number of aromatic nitrogens is 1. The molecule has 0 atom stereocenters. The third-order valence-electron chi connectivity index (χ3n) is 1.22. The Bertz CT molecular complexity index is 169. The normalized spacial score (nSPS) is 9.75. The zero-order valence-corrected chi connectivity index (χ0v) is 6.93. The predicted molar refractivity (Wildman–Crippen MR) is 34.0 cm³/mol. The predicted octanol–water partition coefficient (Wildman–Crippen LogP) is 0.359. The van der Waals surface area contributed by atoms with E-state index in [0.717, 1.165) is 6.54 Å². The first kappa shape index (κ1) is 6.06. The molecule has 1 aromatic rings. The van der Waals surface area contributed by atoms with Crippen LogP contribution in [0.15, 0.2) is 11.1 Å². The summed E-state index contributed by atoms with van der Waals surface area (Å²) in [5.74, 6) is 0. The van der Waals surface area contributed by atoms with Crippen molar-refractivity contribution in [2.24, 2.45) is 0 Å². The molecule has 1 aromatic heterocycles. The Balaban J connectivity index is 2.92. The van der Waals surface area contributed by atoms with Gasteiger partial charge in [0.15, 0.2) is 0 Å². The van der Waals surface area contributed by atoms with Gasteiger partial charge in [0.1, 0.15) is 0 Å². The van der Waals surface area contributed by atoms with Crippen molar-refractivity contribution in [2.45, 2.75) is 20.4 Å². The fraction of sp³-hybridized carbons (Fsp3) is 0.500. The first-order valence-corrected chi connectivity index (χ1v) is 4.62. The molecule has 0 aliphatic heterocycles. The maximum absolute atomic E-state index is 2.29. The molecule has 1 nitrogen and oxygen atoms in total. The van der Waals surface area contributed by atoms with Gasteiger partial charge in [-0.2, -0.15) is 0 Å². The number of nitrogens with zero attached hydrogens (tertiary/aromatic N) is 1. The minimum atomic E-state index is 0.663. The van der Waals surface area contributed by atoms with Crippen LogP contribution in [0, 0.1) is 6.92 Å². The Hall–Kier alpha value is -0.0705. The second kappa shape index (κ2) is 2.47. The van der Waals surface area contributed by atoms with Crippen LogP contribution >= 0.6 is 0 Å². The number of aryl methyl sites for hydroxylation is 2. The molecule has 0 amide bonds. The van der Waals surface area contributed by atoms with Crippen LogP contribution in [0.4, 0.5) is 0 Å². The van der Waals surface area contributed by atoms with E-state index in [9.17, 15) is 0 Å². The zero-order valence-electron chi connectivity index (χ0n) is 5.22. The zero-order chi connectivity index (χ0) is 5.98. The van der Waals surface area contributed by atoms with E-state index in [1.54, 1.807) is 0 Å². The van der Waals surface area contributed by atoms with E-state index < -0.39 is 0 Å². The van der Waals surface area contributed by atoms with Crippen molar-refractivity contribution >= 4 is 14.5 Å². The topological polar surface area (TPSA) is 3.88 Å². The van der Waals surface area contributed by atoms with Crippen molar-refractivity contribution in [1.29, 1.82) is 0 Å². The molecule has 2 heteroatoms. The first-order chi connectivity index (χ1) is 3.84. The van der Waals surface area contributed by atoms with Crippen LogP contribution < -0.4 is 4.57 Å². The Morgan fingerprint density at radius 2 is 2.50 bits per heavy atom. The van der Waals surface area contributed by atoms with Crippen LogP contribution in [0.5, 0.6) is 0 Å². The average Bonchev–Trinajstić information content (AvgIpc) is 2.14. The molecular weight excluding hydrogens is 165 g/mol. The van der Waals surface area contributed by atoms with Gasteiger partial charge in [0, 0.05) is 0 Å². The van der Waals surface area contributed by atoms with Gasteiger partial charge in [-0.15, -0.1) is 0 Å². The van der Waals surface area contributed by atoms with E-state index in [1.807, 2.05) is 0 Å². The fourth-order valence-corrected chi connectivity index (χ4v) is 2.23. The molecule has 1 rings (SSSR count). The summed E-state index contributed by atoms with van der Waals surface area (Å²) in [6.07, 6.45) is 2.18. The number of hydrogen-bond donors (Lipinski definition) is 0. The Morgan fingerprint density at radius 1 is 1.75 bits per heavy atom.